The van der Waals surface area contributed by atoms with E-state index in [2.05, 4.69) is 0 Å². The van der Waals surface area contributed by atoms with Gasteiger partial charge in [0.05, 0.1) is 16.7 Å². The minimum absolute atomic E-state index is 0.217. The lowest BCUT2D eigenvalue weighted by molar-refractivity contribution is 0.112. The Morgan fingerprint density at radius 3 is 2.42 bits per heavy atom. The molecule has 0 aliphatic carbocycles. The number of aliphatic hydroxyl groups is 1. The fourth-order valence-electron chi connectivity index (χ4n) is 0.850. The standard InChI is InChI=1S/C8H6Cl2O2/c9-7-1-5(3-11)6(4-12)2-8(7)10/h1-3,12H,4H2. The Hall–Kier alpha value is -0.570. The first-order chi connectivity index (χ1) is 5.69. The summed E-state index contributed by atoms with van der Waals surface area (Å²) in [5.74, 6) is 0. The van der Waals surface area contributed by atoms with E-state index in [0.29, 0.717) is 27.5 Å². The lowest BCUT2D eigenvalue weighted by Crippen LogP contribution is -1.92. The third kappa shape index (κ3) is 1.78. The molecule has 12 heavy (non-hydrogen) atoms. The molecule has 64 valence electrons. The number of benzene rings is 1. The summed E-state index contributed by atoms with van der Waals surface area (Å²) < 4.78 is 0. The van der Waals surface area contributed by atoms with E-state index >= 15 is 0 Å². The smallest absolute Gasteiger partial charge is 0.150 e. The fourth-order valence-corrected chi connectivity index (χ4v) is 1.21. The van der Waals surface area contributed by atoms with E-state index in [0.717, 1.165) is 0 Å². The van der Waals surface area contributed by atoms with Gasteiger partial charge in [-0.3, -0.25) is 4.79 Å². The Kier molecular flexibility index (Phi) is 3.09. The number of hydrogen-bond donors (Lipinski definition) is 1. The van der Waals surface area contributed by atoms with Crippen LogP contribution < -0.4 is 0 Å². The summed E-state index contributed by atoms with van der Waals surface area (Å²) in [7, 11) is 0. The zero-order valence-corrected chi connectivity index (χ0v) is 7.56. The maximum atomic E-state index is 10.4. The van der Waals surface area contributed by atoms with Gasteiger partial charge in [-0.15, -0.1) is 0 Å². The summed E-state index contributed by atoms with van der Waals surface area (Å²) in [5, 5.41) is 9.46. The fraction of sp³-hybridized carbons (Fsp3) is 0.125. The van der Waals surface area contributed by atoms with Gasteiger partial charge in [0.25, 0.3) is 0 Å². The third-order valence-electron chi connectivity index (χ3n) is 1.48. The minimum atomic E-state index is -0.217. The molecule has 0 unspecified atom stereocenters. The number of rotatable bonds is 2. The molecule has 0 amide bonds. The SMILES string of the molecule is O=Cc1cc(Cl)c(Cl)cc1CO. The number of aliphatic hydroxyl groups excluding tert-OH is 1. The maximum absolute atomic E-state index is 10.4. The molecule has 0 saturated heterocycles. The number of aldehydes is 1. The van der Waals surface area contributed by atoms with Crippen molar-refractivity contribution in [1.29, 1.82) is 0 Å². The lowest BCUT2D eigenvalue weighted by atomic mass is 10.1. The van der Waals surface area contributed by atoms with Crippen LogP contribution in [0.2, 0.25) is 10.0 Å². The van der Waals surface area contributed by atoms with Crippen LogP contribution in [0.25, 0.3) is 0 Å². The van der Waals surface area contributed by atoms with Gasteiger partial charge in [-0.1, -0.05) is 23.2 Å². The van der Waals surface area contributed by atoms with Gasteiger partial charge in [-0.05, 0) is 17.7 Å². The molecule has 1 aromatic rings. The summed E-state index contributed by atoms with van der Waals surface area (Å²) >= 11 is 11.3. The molecule has 0 bridgehead atoms. The van der Waals surface area contributed by atoms with Crippen molar-refractivity contribution >= 4 is 29.5 Å². The van der Waals surface area contributed by atoms with Gasteiger partial charge in [-0.25, -0.2) is 0 Å². The quantitative estimate of drug-likeness (QED) is 0.752. The van der Waals surface area contributed by atoms with Crippen LogP contribution in [-0.2, 0) is 6.61 Å². The van der Waals surface area contributed by atoms with Crippen LogP contribution >= 0.6 is 23.2 Å². The summed E-state index contributed by atoms with van der Waals surface area (Å²) in [6, 6.07) is 2.91. The molecule has 0 heterocycles. The predicted molar refractivity (Wildman–Crippen MR) is 47.8 cm³/mol. The average molecular weight is 205 g/mol. The first-order valence-corrected chi connectivity index (χ1v) is 3.98. The van der Waals surface area contributed by atoms with Crippen molar-refractivity contribution in [2.24, 2.45) is 0 Å². The molecular weight excluding hydrogens is 199 g/mol. The molecule has 0 spiro atoms. The highest BCUT2D eigenvalue weighted by atomic mass is 35.5. The molecule has 0 saturated carbocycles. The minimum Gasteiger partial charge on any atom is -0.392 e. The number of hydrogen-bond acceptors (Lipinski definition) is 2. The van der Waals surface area contributed by atoms with Crippen molar-refractivity contribution in [3.63, 3.8) is 0 Å². The van der Waals surface area contributed by atoms with Crippen molar-refractivity contribution in [2.45, 2.75) is 6.61 Å². The second-order valence-corrected chi connectivity index (χ2v) is 3.06. The lowest BCUT2D eigenvalue weighted by Gasteiger charge is -2.02. The summed E-state index contributed by atoms with van der Waals surface area (Å²) in [6.07, 6.45) is 0.633. The van der Waals surface area contributed by atoms with Crippen LogP contribution in [0.3, 0.4) is 0 Å². The molecular formula is C8H6Cl2O2. The van der Waals surface area contributed by atoms with E-state index in [-0.39, 0.29) is 6.61 Å². The van der Waals surface area contributed by atoms with Gasteiger partial charge in [-0.2, -0.15) is 0 Å². The van der Waals surface area contributed by atoms with Crippen molar-refractivity contribution in [3.8, 4) is 0 Å². The Morgan fingerprint density at radius 2 is 1.92 bits per heavy atom. The van der Waals surface area contributed by atoms with Gasteiger partial charge in [0.15, 0.2) is 0 Å². The Labute approximate surface area is 79.7 Å². The molecule has 0 aliphatic heterocycles. The maximum Gasteiger partial charge on any atom is 0.150 e. The number of carbonyl (C=O) groups is 1. The number of halogens is 2. The summed E-state index contributed by atoms with van der Waals surface area (Å²) in [5.41, 5.74) is 0.853. The normalized spacial score (nSPS) is 9.92. The van der Waals surface area contributed by atoms with Crippen LogP contribution in [0.5, 0.6) is 0 Å². The van der Waals surface area contributed by atoms with E-state index in [1.165, 1.54) is 12.1 Å². The van der Waals surface area contributed by atoms with Crippen LogP contribution in [0, 0.1) is 0 Å². The third-order valence-corrected chi connectivity index (χ3v) is 2.20. The van der Waals surface area contributed by atoms with Crippen LogP contribution in [-0.4, -0.2) is 11.4 Å². The first-order valence-electron chi connectivity index (χ1n) is 3.23. The van der Waals surface area contributed by atoms with Crippen LogP contribution in [0.15, 0.2) is 12.1 Å². The highest BCUT2D eigenvalue weighted by molar-refractivity contribution is 6.42. The molecule has 1 aromatic carbocycles. The van der Waals surface area contributed by atoms with Gasteiger partial charge in [0.2, 0.25) is 0 Å². The molecule has 1 rings (SSSR count). The van der Waals surface area contributed by atoms with E-state index in [9.17, 15) is 4.79 Å². The number of carbonyl (C=O) groups excluding carboxylic acids is 1. The van der Waals surface area contributed by atoms with Gasteiger partial charge in [0.1, 0.15) is 6.29 Å². The van der Waals surface area contributed by atoms with Gasteiger partial charge in [0, 0.05) is 5.56 Å². The largest absolute Gasteiger partial charge is 0.392 e. The molecule has 0 aromatic heterocycles. The zero-order chi connectivity index (χ0) is 9.14. The average Bonchev–Trinajstić information content (AvgIpc) is 2.09. The van der Waals surface area contributed by atoms with E-state index in [1.807, 2.05) is 0 Å². The van der Waals surface area contributed by atoms with Crippen molar-refractivity contribution in [1.82, 2.24) is 0 Å². The Balaban J connectivity index is 3.28. The highest BCUT2D eigenvalue weighted by Gasteiger charge is 2.05. The summed E-state index contributed by atoms with van der Waals surface area (Å²) in [4.78, 5) is 10.4. The second-order valence-electron chi connectivity index (χ2n) is 2.24. The molecule has 2 nitrogen and oxygen atoms in total. The monoisotopic (exact) mass is 204 g/mol. The molecule has 4 heteroatoms. The van der Waals surface area contributed by atoms with Crippen LogP contribution in [0.4, 0.5) is 0 Å². The van der Waals surface area contributed by atoms with E-state index < -0.39 is 0 Å². The van der Waals surface area contributed by atoms with Crippen molar-refractivity contribution in [2.75, 3.05) is 0 Å². The van der Waals surface area contributed by atoms with Crippen LogP contribution in [0.1, 0.15) is 15.9 Å². The second kappa shape index (κ2) is 3.90. The highest BCUT2D eigenvalue weighted by Crippen LogP contribution is 2.25. The van der Waals surface area contributed by atoms with Crippen molar-refractivity contribution in [3.05, 3.63) is 33.3 Å². The topological polar surface area (TPSA) is 37.3 Å². The van der Waals surface area contributed by atoms with Gasteiger partial charge < -0.3 is 5.11 Å². The Bertz CT molecular complexity index is 310. The molecule has 0 radical (unpaired) electrons. The Morgan fingerprint density at radius 1 is 1.33 bits per heavy atom. The zero-order valence-electron chi connectivity index (χ0n) is 6.05. The molecule has 0 atom stereocenters. The van der Waals surface area contributed by atoms with Gasteiger partial charge >= 0.3 is 0 Å². The summed E-state index contributed by atoms with van der Waals surface area (Å²) in [6.45, 7) is -0.217. The first kappa shape index (κ1) is 9.52. The molecule has 0 fully saturated rings. The van der Waals surface area contributed by atoms with E-state index in [1.54, 1.807) is 0 Å². The molecule has 0 aliphatic rings. The van der Waals surface area contributed by atoms with Crippen molar-refractivity contribution < 1.29 is 9.90 Å². The van der Waals surface area contributed by atoms with E-state index in [4.69, 9.17) is 28.3 Å². The molecule has 1 N–H and O–H groups in total. The predicted octanol–water partition coefficient (Wildman–Crippen LogP) is 2.30.